The molecule has 0 unspecified atom stereocenters. The van der Waals surface area contributed by atoms with E-state index in [1.54, 1.807) is 11.3 Å². The number of fused-ring (bicyclic) bond motifs is 4. The summed E-state index contributed by atoms with van der Waals surface area (Å²) in [5, 5.41) is 11.2. The number of pyridine rings is 1. The van der Waals surface area contributed by atoms with E-state index in [4.69, 9.17) is 21.5 Å². The summed E-state index contributed by atoms with van der Waals surface area (Å²) < 4.78 is 1.09. The number of anilines is 1. The van der Waals surface area contributed by atoms with Crippen LogP contribution in [-0.4, -0.2) is 59.0 Å². The summed E-state index contributed by atoms with van der Waals surface area (Å²) in [6.07, 6.45) is 4.89. The van der Waals surface area contributed by atoms with E-state index in [9.17, 15) is 9.59 Å². The van der Waals surface area contributed by atoms with Crippen molar-refractivity contribution in [2.75, 3.05) is 24.5 Å². The first kappa shape index (κ1) is 24.3. The highest BCUT2D eigenvalue weighted by Gasteiger charge is 2.47. The molecular formula is C27H27ClN4O4S. The Kier molecular flexibility index (Phi) is 6.38. The Balaban J connectivity index is 0.000000804. The topological polar surface area (TPSA) is 103 Å². The highest BCUT2D eigenvalue weighted by molar-refractivity contribution is 7.19. The van der Waals surface area contributed by atoms with Gasteiger partial charge in [-0.15, -0.1) is 11.3 Å². The van der Waals surface area contributed by atoms with Crippen LogP contribution in [0, 0.1) is 5.92 Å². The molecule has 3 atom stereocenters. The summed E-state index contributed by atoms with van der Waals surface area (Å²) in [6, 6.07) is 8.91. The highest BCUT2D eigenvalue weighted by Crippen LogP contribution is 2.58. The molecule has 3 fully saturated rings. The third-order valence-corrected chi connectivity index (χ3v) is 9.20. The van der Waals surface area contributed by atoms with Gasteiger partial charge in [-0.3, -0.25) is 24.3 Å². The second-order valence-corrected chi connectivity index (χ2v) is 11.6. The largest absolute Gasteiger partial charge is 0.483 e. The van der Waals surface area contributed by atoms with Crippen LogP contribution in [-0.2, 0) is 20.9 Å². The maximum absolute atomic E-state index is 12.2. The van der Waals surface area contributed by atoms with Crippen LogP contribution in [0.25, 0.3) is 21.3 Å². The first-order valence-electron chi connectivity index (χ1n) is 12.6. The first-order chi connectivity index (χ1) is 18.0. The highest BCUT2D eigenvalue weighted by atomic mass is 35.5. The van der Waals surface area contributed by atoms with E-state index >= 15 is 0 Å². The molecule has 0 spiro atoms. The summed E-state index contributed by atoms with van der Waals surface area (Å²) in [4.78, 5) is 42.3. The van der Waals surface area contributed by atoms with Gasteiger partial charge in [0.15, 0.2) is 0 Å². The van der Waals surface area contributed by atoms with Gasteiger partial charge in [-0.05, 0) is 61.1 Å². The lowest BCUT2D eigenvalue weighted by Crippen LogP contribution is -2.41. The van der Waals surface area contributed by atoms with Crippen molar-refractivity contribution in [2.24, 2.45) is 5.92 Å². The maximum atomic E-state index is 12.2. The molecule has 5 heterocycles. The van der Waals surface area contributed by atoms with Gasteiger partial charge in [0.05, 0.1) is 16.8 Å². The van der Waals surface area contributed by atoms with Crippen molar-refractivity contribution in [3.63, 3.8) is 0 Å². The average Bonchev–Trinajstić information content (AvgIpc) is 3.18. The van der Waals surface area contributed by atoms with Crippen molar-refractivity contribution < 1.29 is 19.5 Å². The molecule has 1 saturated carbocycles. The Morgan fingerprint density at radius 2 is 1.97 bits per heavy atom. The normalized spacial score (nSPS) is 24.1. The number of nitrogens with one attached hydrogen (secondary N) is 1. The van der Waals surface area contributed by atoms with Gasteiger partial charge in [0, 0.05) is 64.9 Å². The summed E-state index contributed by atoms with van der Waals surface area (Å²) in [6.45, 7) is 3.28. The van der Waals surface area contributed by atoms with Crippen LogP contribution in [0.4, 0.5) is 5.69 Å². The molecule has 0 bridgehead atoms. The van der Waals surface area contributed by atoms with Gasteiger partial charge >= 0.3 is 0 Å². The number of amides is 2. The van der Waals surface area contributed by atoms with Crippen molar-refractivity contribution in [3.8, 4) is 11.1 Å². The smallest absolute Gasteiger partial charge is 0.290 e. The number of thiophene rings is 1. The number of halogens is 1. The van der Waals surface area contributed by atoms with E-state index in [2.05, 4.69) is 33.4 Å². The number of likely N-dealkylation sites (tertiary alicyclic amines) is 1. The van der Waals surface area contributed by atoms with Gasteiger partial charge in [0.25, 0.3) is 6.47 Å². The van der Waals surface area contributed by atoms with Gasteiger partial charge in [0.2, 0.25) is 11.8 Å². The van der Waals surface area contributed by atoms with E-state index < -0.39 is 0 Å². The molecule has 8 nitrogen and oxygen atoms in total. The zero-order valence-electron chi connectivity index (χ0n) is 20.2. The van der Waals surface area contributed by atoms with Gasteiger partial charge < -0.3 is 15.3 Å². The fourth-order valence-electron chi connectivity index (χ4n) is 6.07. The van der Waals surface area contributed by atoms with Crippen LogP contribution < -0.4 is 10.2 Å². The molecule has 10 heteroatoms. The standard InChI is InChI=1S/C26H25ClN4O2S.CH2O2/c27-15-8-20(25-21(9-15)19-7-14(19)12-30(25)16-3-5-28-11-16)18-4-6-29-22-10-17(34-26(18)22)13-31-23(32)1-2-24(31)33;2-1-3/h4,6,8-10,14,16,19,28H,1-3,5,7,11-13H2;1H,(H,2,3)/t14-,16+,19-;/m1./s1. The number of benzene rings is 1. The Morgan fingerprint density at radius 3 is 2.70 bits per heavy atom. The van der Waals surface area contributed by atoms with Crippen LogP contribution in [0.2, 0.25) is 5.02 Å². The molecule has 7 rings (SSSR count). The minimum absolute atomic E-state index is 0.0839. The van der Waals surface area contributed by atoms with Crippen molar-refractivity contribution >= 4 is 57.1 Å². The third kappa shape index (κ3) is 4.39. The number of carbonyl (C=O) groups is 3. The molecule has 3 aliphatic heterocycles. The van der Waals surface area contributed by atoms with Crippen molar-refractivity contribution in [2.45, 2.75) is 44.2 Å². The number of rotatable bonds is 4. The second-order valence-electron chi connectivity index (χ2n) is 10.1. The molecular weight excluding hydrogens is 512 g/mol. The molecule has 37 heavy (non-hydrogen) atoms. The minimum atomic E-state index is -0.250. The monoisotopic (exact) mass is 538 g/mol. The summed E-state index contributed by atoms with van der Waals surface area (Å²) in [5.74, 6) is 1.18. The summed E-state index contributed by atoms with van der Waals surface area (Å²) >= 11 is 8.33. The quantitative estimate of drug-likeness (QED) is 0.378. The lowest BCUT2D eigenvalue weighted by Gasteiger charge is -2.37. The van der Waals surface area contributed by atoms with Crippen molar-refractivity contribution in [3.05, 3.63) is 45.9 Å². The Labute approximate surface area is 223 Å². The van der Waals surface area contributed by atoms with Crippen molar-refractivity contribution in [1.29, 1.82) is 0 Å². The summed E-state index contributed by atoms with van der Waals surface area (Å²) in [7, 11) is 0. The van der Waals surface area contributed by atoms with Crippen molar-refractivity contribution in [1.82, 2.24) is 15.2 Å². The van der Waals surface area contributed by atoms with Crippen LogP contribution >= 0.6 is 22.9 Å². The van der Waals surface area contributed by atoms with Gasteiger partial charge in [0.1, 0.15) is 0 Å². The molecule has 2 aromatic heterocycles. The van der Waals surface area contributed by atoms with E-state index in [1.807, 2.05) is 12.3 Å². The molecule has 192 valence electrons. The number of aromatic nitrogens is 1. The average molecular weight is 539 g/mol. The van der Waals surface area contributed by atoms with E-state index in [0.29, 0.717) is 31.3 Å². The fourth-order valence-corrected chi connectivity index (χ4v) is 7.43. The third-order valence-electron chi connectivity index (χ3n) is 7.84. The Bertz CT molecular complexity index is 1390. The fraction of sp³-hybridized carbons (Fsp3) is 0.407. The van der Waals surface area contributed by atoms with Crippen LogP contribution in [0.1, 0.15) is 42.0 Å². The number of carbonyl (C=O) groups excluding carboxylic acids is 2. The van der Waals surface area contributed by atoms with Crippen LogP contribution in [0.5, 0.6) is 0 Å². The molecule has 2 N–H and O–H groups in total. The van der Waals surface area contributed by atoms with E-state index in [1.165, 1.54) is 28.1 Å². The molecule has 3 aromatic rings. The van der Waals surface area contributed by atoms with E-state index in [0.717, 1.165) is 57.7 Å². The predicted octanol–water partition coefficient (Wildman–Crippen LogP) is 4.25. The van der Waals surface area contributed by atoms with Crippen LogP contribution in [0.15, 0.2) is 30.5 Å². The SMILES string of the molecule is O=C1CCC(=O)N1Cc1cc2nccc(-c3cc(Cl)cc4c3N([C@H]3CCNC3)C[C@H]3C[C@@H]43)c2s1.O=CO. The Morgan fingerprint density at radius 1 is 1.19 bits per heavy atom. The number of imide groups is 1. The second kappa shape index (κ2) is 9.70. The predicted molar refractivity (Wildman–Crippen MR) is 143 cm³/mol. The van der Waals surface area contributed by atoms with Gasteiger partial charge in [-0.2, -0.15) is 0 Å². The van der Waals surface area contributed by atoms with Gasteiger partial charge in [-0.1, -0.05) is 11.6 Å². The summed E-state index contributed by atoms with van der Waals surface area (Å²) in [5.41, 5.74) is 5.94. The van der Waals surface area contributed by atoms with Crippen LogP contribution in [0.3, 0.4) is 0 Å². The number of hydrogen-bond acceptors (Lipinski definition) is 7. The molecule has 1 aromatic carbocycles. The maximum Gasteiger partial charge on any atom is 0.290 e. The number of carboxylic acid groups (broad SMARTS) is 1. The molecule has 1 aliphatic carbocycles. The first-order valence-corrected chi connectivity index (χ1v) is 13.8. The Hall–Kier alpha value is -3.01. The van der Waals surface area contributed by atoms with Gasteiger partial charge in [-0.25, -0.2) is 0 Å². The zero-order chi connectivity index (χ0) is 25.7. The molecule has 2 saturated heterocycles. The number of hydrogen-bond donors (Lipinski definition) is 2. The number of nitrogens with zero attached hydrogens (tertiary/aromatic N) is 3. The molecule has 4 aliphatic rings. The molecule has 0 radical (unpaired) electrons. The lowest BCUT2D eigenvalue weighted by atomic mass is 9.92. The minimum Gasteiger partial charge on any atom is -0.483 e. The molecule has 2 amide bonds. The zero-order valence-corrected chi connectivity index (χ0v) is 21.7. The lowest BCUT2D eigenvalue weighted by molar-refractivity contribution is -0.139. The van der Waals surface area contributed by atoms with E-state index in [-0.39, 0.29) is 18.3 Å².